The molecule has 0 aliphatic heterocycles. The second-order valence-electron chi connectivity index (χ2n) is 8.98. The highest BCUT2D eigenvalue weighted by Crippen LogP contribution is 2.14. The molecule has 0 aromatic carbocycles. The lowest BCUT2D eigenvalue weighted by atomic mass is 10.0. The van der Waals surface area contributed by atoms with Crippen LogP contribution in [-0.4, -0.2) is 36.5 Å². The molecule has 0 aliphatic rings. The molecule has 176 valence electrons. The Balaban J connectivity index is 2.97. The normalized spacial score (nSPS) is 11.4. The van der Waals surface area contributed by atoms with Crippen LogP contribution in [0.15, 0.2) is 0 Å². The average molecular weight is 414 g/mol. The standard InChI is InChI=1S/C26H55NO2/c28-25-21-18-16-14-12-10-8-6-4-2-1-3-5-7-9-11-13-15-17-19-23-27-24-20-22-26-29/h27-29H,1-26H2. The monoisotopic (exact) mass is 413 g/mol. The van der Waals surface area contributed by atoms with Gasteiger partial charge in [0.1, 0.15) is 0 Å². The van der Waals surface area contributed by atoms with Gasteiger partial charge in [0.15, 0.2) is 0 Å². The van der Waals surface area contributed by atoms with Gasteiger partial charge in [0.25, 0.3) is 0 Å². The fraction of sp³-hybridized carbons (Fsp3) is 1.00. The van der Waals surface area contributed by atoms with Gasteiger partial charge in [-0.05, 0) is 38.8 Å². The van der Waals surface area contributed by atoms with Gasteiger partial charge < -0.3 is 15.5 Å². The number of hydrogen-bond donors (Lipinski definition) is 3. The summed E-state index contributed by atoms with van der Waals surface area (Å²) in [6.07, 6.45) is 29.7. The van der Waals surface area contributed by atoms with Crippen LogP contribution in [0.1, 0.15) is 141 Å². The average Bonchev–Trinajstić information content (AvgIpc) is 2.74. The van der Waals surface area contributed by atoms with Crippen molar-refractivity contribution in [2.24, 2.45) is 0 Å². The third kappa shape index (κ3) is 27.9. The lowest BCUT2D eigenvalue weighted by Gasteiger charge is -2.05. The molecule has 0 radical (unpaired) electrons. The fourth-order valence-corrected chi connectivity index (χ4v) is 4.03. The molecule has 3 heteroatoms. The second-order valence-corrected chi connectivity index (χ2v) is 8.98. The molecule has 0 saturated carbocycles. The lowest BCUT2D eigenvalue weighted by Crippen LogP contribution is -2.16. The van der Waals surface area contributed by atoms with Gasteiger partial charge in [-0.2, -0.15) is 0 Å². The van der Waals surface area contributed by atoms with Crippen molar-refractivity contribution in [2.75, 3.05) is 26.3 Å². The van der Waals surface area contributed by atoms with Gasteiger partial charge in [0.2, 0.25) is 0 Å². The predicted octanol–water partition coefficient (Wildman–Crippen LogP) is 7.14. The molecule has 0 aliphatic carbocycles. The molecule has 0 spiro atoms. The first-order chi connectivity index (χ1) is 14.4. The summed E-state index contributed by atoms with van der Waals surface area (Å²) in [5.41, 5.74) is 0. The summed E-state index contributed by atoms with van der Waals surface area (Å²) in [4.78, 5) is 0. The van der Waals surface area contributed by atoms with Crippen molar-refractivity contribution < 1.29 is 10.2 Å². The molecule has 0 heterocycles. The van der Waals surface area contributed by atoms with Crippen LogP contribution in [0.25, 0.3) is 0 Å². The first-order valence-corrected chi connectivity index (χ1v) is 13.3. The Kier molecular flexibility index (Phi) is 27.8. The zero-order valence-corrected chi connectivity index (χ0v) is 19.8. The Hall–Kier alpha value is -0.120. The molecular formula is C26H55NO2. The largest absolute Gasteiger partial charge is 0.396 e. The molecule has 0 unspecified atom stereocenters. The summed E-state index contributed by atoms with van der Waals surface area (Å²) in [5, 5.41) is 20.9. The molecule has 0 saturated heterocycles. The maximum absolute atomic E-state index is 8.74. The highest BCUT2D eigenvalue weighted by molar-refractivity contribution is 4.52. The maximum atomic E-state index is 8.74. The van der Waals surface area contributed by atoms with E-state index in [-0.39, 0.29) is 0 Å². The molecule has 0 atom stereocenters. The number of rotatable bonds is 26. The van der Waals surface area contributed by atoms with Gasteiger partial charge in [-0.3, -0.25) is 0 Å². The molecule has 29 heavy (non-hydrogen) atoms. The summed E-state index contributed by atoms with van der Waals surface area (Å²) in [7, 11) is 0. The predicted molar refractivity (Wildman–Crippen MR) is 129 cm³/mol. The number of unbranched alkanes of at least 4 members (excludes halogenated alkanes) is 20. The Morgan fingerprint density at radius 1 is 0.276 bits per heavy atom. The van der Waals surface area contributed by atoms with Crippen molar-refractivity contribution in [1.82, 2.24) is 5.32 Å². The van der Waals surface area contributed by atoms with E-state index in [0.29, 0.717) is 13.2 Å². The molecule has 3 N–H and O–H groups in total. The van der Waals surface area contributed by atoms with Gasteiger partial charge in [-0.1, -0.05) is 116 Å². The molecule has 0 bridgehead atoms. The number of nitrogens with one attached hydrogen (secondary N) is 1. The minimum atomic E-state index is 0.329. The van der Waals surface area contributed by atoms with Crippen molar-refractivity contribution in [3.63, 3.8) is 0 Å². The smallest absolute Gasteiger partial charge is 0.0431 e. The summed E-state index contributed by atoms with van der Waals surface area (Å²) in [5.74, 6) is 0. The first kappa shape index (κ1) is 28.9. The number of aliphatic hydroxyl groups is 2. The Morgan fingerprint density at radius 3 is 0.793 bits per heavy atom. The second kappa shape index (κ2) is 27.9. The van der Waals surface area contributed by atoms with E-state index in [9.17, 15) is 0 Å². The molecule has 0 amide bonds. The van der Waals surface area contributed by atoms with E-state index < -0.39 is 0 Å². The Morgan fingerprint density at radius 2 is 0.483 bits per heavy atom. The molecule has 3 nitrogen and oxygen atoms in total. The Bertz CT molecular complexity index is 247. The zero-order chi connectivity index (χ0) is 21.1. The summed E-state index contributed by atoms with van der Waals surface area (Å²) in [6, 6.07) is 0. The lowest BCUT2D eigenvalue weighted by molar-refractivity contribution is 0.282. The summed E-state index contributed by atoms with van der Waals surface area (Å²) >= 11 is 0. The van der Waals surface area contributed by atoms with Crippen molar-refractivity contribution in [3.05, 3.63) is 0 Å². The highest BCUT2D eigenvalue weighted by Gasteiger charge is 1.96. The maximum Gasteiger partial charge on any atom is 0.0431 e. The first-order valence-electron chi connectivity index (χ1n) is 13.3. The van der Waals surface area contributed by atoms with Gasteiger partial charge in [-0.25, -0.2) is 0 Å². The van der Waals surface area contributed by atoms with E-state index in [1.807, 2.05) is 0 Å². The molecule has 0 aromatic rings. The topological polar surface area (TPSA) is 52.5 Å². The van der Waals surface area contributed by atoms with Crippen molar-refractivity contribution in [2.45, 2.75) is 141 Å². The fourth-order valence-electron chi connectivity index (χ4n) is 4.03. The van der Waals surface area contributed by atoms with Crippen molar-refractivity contribution in [3.8, 4) is 0 Å². The van der Waals surface area contributed by atoms with Gasteiger partial charge in [0, 0.05) is 13.2 Å². The van der Waals surface area contributed by atoms with Crippen LogP contribution in [-0.2, 0) is 0 Å². The number of aliphatic hydroxyl groups excluding tert-OH is 2. The highest BCUT2D eigenvalue weighted by atomic mass is 16.3. The minimum absolute atomic E-state index is 0.329. The van der Waals surface area contributed by atoms with Gasteiger partial charge in [-0.15, -0.1) is 0 Å². The minimum Gasteiger partial charge on any atom is -0.396 e. The van der Waals surface area contributed by atoms with Crippen molar-refractivity contribution in [1.29, 1.82) is 0 Å². The van der Waals surface area contributed by atoms with E-state index in [2.05, 4.69) is 5.32 Å². The molecule has 0 rings (SSSR count). The van der Waals surface area contributed by atoms with Crippen molar-refractivity contribution >= 4 is 0 Å². The summed E-state index contributed by atoms with van der Waals surface area (Å²) < 4.78 is 0. The van der Waals surface area contributed by atoms with E-state index in [0.717, 1.165) is 32.4 Å². The van der Waals surface area contributed by atoms with E-state index in [1.165, 1.54) is 122 Å². The molecule has 0 aromatic heterocycles. The van der Waals surface area contributed by atoms with Crippen LogP contribution in [0.3, 0.4) is 0 Å². The quantitative estimate of drug-likeness (QED) is 0.132. The SMILES string of the molecule is OCCCCCCCCCCCCCCCCCCCCCCNCCCCO. The van der Waals surface area contributed by atoms with E-state index in [1.54, 1.807) is 0 Å². The van der Waals surface area contributed by atoms with E-state index >= 15 is 0 Å². The van der Waals surface area contributed by atoms with Gasteiger partial charge in [0.05, 0.1) is 0 Å². The van der Waals surface area contributed by atoms with Gasteiger partial charge >= 0.3 is 0 Å². The summed E-state index contributed by atoms with van der Waals surface area (Å²) in [6.45, 7) is 2.91. The van der Waals surface area contributed by atoms with Crippen LogP contribution >= 0.6 is 0 Å². The molecular weight excluding hydrogens is 358 g/mol. The van der Waals surface area contributed by atoms with Crippen LogP contribution in [0.5, 0.6) is 0 Å². The third-order valence-electron chi connectivity index (χ3n) is 6.02. The Labute approximate surface area is 183 Å². The zero-order valence-electron chi connectivity index (χ0n) is 19.8. The van der Waals surface area contributed by atoms with Crippen LogP contribution in [0.4, 0.5) is 0 Å². The number of hydrogen-bond acceptors (Lipinski definition) is 3. The van der Waals surface area contributed by atoms with Crippen LogP contribution in [0, 0.1) is 0 Å². The van der Waals surface area contributed by atoms with E-state index in [4.69, 9.17) is 10.2 Å². The van der Waals surface area contributed by atoms with Crippen LogP contribution < -0.4 is 5.32 Å². The van der Waals surface area contributed by atoms with Crippen LogP contribution in [0.2, 0.25) is 0 Å². The molecule has 0 fully saturated rings. The third-order valence-corrected chi connectivity index (χ3v) is 6.02.